The summed E-state index contributed by atoms with van der Waals surface area (Å²) in [6, 6.07) is 19.5. The zero-order valence-electron chi connectivity index (χ0n) is 12.5. The molecule has 1 heterocycles. The predicted molar refractivity (Wildman–Crippen MR) is 84.5 cm³/mol. The molecule has 0 aromatic heterocycles. The molecule has 0 amide bonds. The largest absolute Gasteiger partial charge is 0.497 e. The van der Waals surface area contributed by atoms with E-state index in [1.807, 2.05) is 0 Å². The second-order valence-electron chi connectivity index (χ2n) is 6.44. The van der Waals surface area contributed by atoms with Crippen LogP contribution in [0.2, 0.25) is 0 Å². The highest BCUT2D eigenvalue weighted by molar-refractivity contribution is 5.40. The molecule has 2 aliphatic rings. The highest BCUT2D eigenvalue weighted by atomic mass is 16.5. The van der Waals surface area contributed by atoms with E-state index in [1.54, 1.807) is 7.11 Å². The molecular formula is C19H21NO. The van der Waals surface area contributed by atoms with Gasteiger partial charge in [0.25, 0.3) is 0 Å². The zero-order valence-corrected chi connectivity index (χ0v) is 12.5. The molecule has 2 fully saturated rings. The number of fused-ring (bicyclic) bond motifs is 1. The quantitative estimate of drug-likeness (QED) is 0.849. The molecule has 1 aliphatic heterocycles. The minimum absolute atomic E-state index is 0.418. The summed E-state index contributed by atoms with van der Waals surface area (Å²) < 4.78 is 5.27. The summed E-state index contributed by atoms with van der Waals surface area (Å²) >= 11 is 0. The molecule has 0 spiro atoms. The molecule has 108 valence electrons. The second kappa shape index (κ2) is 4.88. The lowest BCUT2D eigenvalue weighted by atomic mass is 9.95. The maximum atomic E-state index is 5.27. The standard InChI is InChI=1S/C19H21NO/c1-21-18-9-7-16(8-10-18)19-11-17(19)13-20(14-19)12-15-5-3-2-4-6-15/h2-10,17H,11-14H2,1H3. The summed E-state index contributed by atoms with van der Waals surface area (Å²) in [7, 11) is 1.73. The van der Waals surface area contributed by atoms with Crippen LogP contribution in [-0.4, -0.2) is 25.1 Å². The van der Waals surface area contributed by atoms with Crippen LogP contribution in [0.5, 0.6) is 5.75 Å². The van der Waals surface area contributed by atoms with Crippen LogP contribution in [0, 0.1) is 5.92 Å². The number of methoxy groups -OCH3 is 1. The lowest BCUT2D eigenvalue weighted by Gasteiger charge is -2.21. The molecule has 0 bridgehead atoms. The maximum absolute atomic E-state index is 5.27. The fraction of sp³-hybridized carbons (Fsp3) is 0.368. The SMILES string of the molecule is COc1ccc(C23CC2CN(Cc2ccccc2)C3)cc1. The van der Waals surface area contributed by atoms with Gasteiger partial charge in [-0.2, -0.15) is 0 Å². The minimum atomic E-state index is 0.418. The molecule has 2 heteroatoms. The van der Waals surface area contributed by atoms with Gasteiger partial charge in [0.15, 0.2) is 0 Å². The van der Waals surface area contributed by atoms with E-state index in [9.17, 15) is 0 Å². The molecule has 1 saturated carbocycles. The van der Waals surface area contributed by atoms with Crippen LogP contribution >= 0.6 is 0 Å². The summed E-state index contributed by atoms with van der Waals surface area (Å²) in [6.07, 6.45) is 1.35. The first-order valence-corrected chi connectivity index (χ1v) is 7.71. The Kier molecular flexibility index (Phi) is 3.00. The van der Waals surface area contributed by atoms with E-state index in [2.05, 4.69) is 59.5 Å². The molecule has 2 unspecified atom stereocenters. The van der Waals surface area contributed by atoms with E-state index in [0.717, 1.165) is 18.2 Å². The van der Waals surface area contributed by atoms with Crippen molar-refractivity contribution in [2.45, 2.75) is 18.4 Å². The monoisotopic (exact) mass is 279 g/mol. The van der Waals surface area contributed by atoms with Crippen LogP contribution in [0.15, 0.2) is 54.6 Å². The average molecular weight is 279 g/mol. The number of rotatable bonds is 4. The first kappa shape index (κ1) is 12.9. The van der Waals surface area contributed by atoms with Gasteiger partial charge in [0.2, 0.25) is 0 Å². The van der Waals surface area contributed by atoms with Gasteiger partial charge >= 0.3 is 0 Å². The third-order valence-corrected chi connectivity index (χ3v) is 5.13. The Labute approximate surface area is 126 Å². The van der Waals surface area contributed by atoms with Gasteiger partial charge in [0.1, 0.15) is 5.75 Å². The van der Waals surface area contributed by atoms with Crippen LogP contribution in [0.25, 0.3) is 0 Å². The van der Waals surface area contributed by atoms with E-state index in [0.29, 0.717) is 5.41 Å². The Morgan fingerprint density at radius 2 is 1.86 bits per heavy atom. The van der Waals surface area contributed by atoms with Crippen LogP contribution in [-0.2, 0) is 12.0 Å². The predicted octanol–water partition coefficient (Wildman–Crippen LogP) is 3.47. The van der Waals surface area contributed by atoms with Crippen molar-refractivity contribution < 1.29 is 4.74 Å². The number of piperidine rings is 1. The number of nitrogens with zero attached hydrogens (tertiary/aromatic N) is 1. The topological polar surface area (TPSA) is 12.5 Å². The van der Waals surface area contributed by atoms with Crippen molar-refractivity contribution in [3.8, 4) is 5.75 Å². The van der Waals surface area contributed by atoms with Crippen LogP contribution in [0.4, 0.5) is 0 Å². The molecule has 1 aliphatic carbocycles. The summed E-state index contributed by atoms with van der Waals surface area (Å²) in [6.45, 7) is 3.51. The molecule has 2 nitrogen and oxygen atoms in total. The number of hydrogen-bond donors (Lipinski definition) is 0. The van der Waals surface area contributed by atoms with Crippen molar-refractivity contribution in [1.82, 2.24) is 4.90 Å². The third kappa shape index (κ3) is 2.24. The molecule has 0 radical (unpaired) electrons. The van der Waals surface area contributed by atoms with E-state index in [4.69, 9.17) is 4.74 Å². The Morgan fingerprint density at radius 1 is 1.10 bits per heavy atom. The summed E-state index contributed by atoms with van der Waals surface area (Å²) in [5.74, 6) is 1.79. The number of ether oxygens (including phenoxy) is 1. The molecule has 2 aromatic carbocycles. The third-order valence-electron chi connectivity index (χ3n) is 5.13. The van der Waals surface area contributed by atoms with Crippen molar-refractivity contribution in [2.24, 2.45) is 5.92 Å². The Hall–Kier alpha value is -1.80. The first-order chi connectivity index (χ1) is 10.3. The fourth-order valence-electron chi connectivity index (χ4n) is 3.92. The second-order valence-corrected chi connectivity index (χ2v) is 6.44. The van der Waals surface area contributed by atoms with Crippen molar-refractivity contribution in [3.05, 3.63) is 65.7 Å². The van der Waals surface area contributed by atoms with Crippen LogP contribution < -0.4 is 4.74 Å². The van der Waals surface area contributed by atoms with Gasteiger partial charge < -0.3 is 4.74 Å². The van der Waals surface area contributed by atoms with Gasteiger partial charge in [-0.1, -0.05) is 42.5 Å². The number of hydrogen-bond acceptors (Lipinski definition) is 2. The van der Waals surface area contributed by atoms with Gasteiger partial charge in [-0.05, 0) is 35.6 Å². The normalized spacial score (nSPS) is 27.4. The van der Waals surface area contributed by atoms with E-state index < -0.39 is 0 Å². The smallest absolute Gasteiger partial charge is 0.118 e. The highest BCUT2D eigenvalue weighted by Crippen LogP contribution is 2.59. The van der Waals surface area contributed by atoms with Crippen LogP contribution in [0.1, 0.15) is 17.5 Å². The summed E-state index contributed by atoms with van der Waals surface area (Å²) in [4.78, 5) is 2.60. The van der Waals surface area contributed by atoms with Crippen molar-refractivity contribution in [1.29, 1.82) is 0 Å². The number of likely N-dealkylation sites (tertiary alicyclic amines) is 1. The van der Waals surface area contributed by atoms with Crippen LogP contribution in [0.3, 0.4) is 0 Å². The van der Waals surface area contributed by atoms with Gasteiger partial charge in [-0.25, -0.2) is 0 Å². The van der Waals surface area contributed by atoms with E-state index >= 15 is 0 Å². The average Bonchev–Trinajstić information content (AvgIpc) is 3.11. The summed E-state index contributed by atoms with van der Waals surface area (Å²) in [5, 5.41) is 0. The fourth-order valence-corrected chi connectivity index (χ4v) is 3.92. The van der Waals surface area contributed by atoms with Gasteiger partial charge in [-0.15, -0.1) is 0 Å². The first-order valence-electron chi connectivity index (χ1n) is 7.71. The van der Waals surface area contributed by atoms with Gasteiger partial charge in [0, 0.05) is 25.0 Å². The minimum Gasteiger partial charge on any atom is -0.497 e. The highest BCUT2D eigenvalue weighted by Gasteiger charge is 2.60. The van der Waals surface area contributed by atoms with Gasteiger partial charge in [0.05, 0.1) is 7.11 Å². The Morgan fingerprint density at radius 3 is 2.57 bits per heavy atom. The maximum Gasteiger partial charge on any atom is 0.118 e. The lowest BCUT2D eigenvalue weighted by Crippen LogP contribution is -2.26. The molecule has 4 rings (SSSR count). The van der Waals surface area contributed by atoms with Crippen molar-refractivity contribution >= 4 is 0 Å². The van der Waals surface area contributed by atoms with Gasteiger partial charge in [-0.3, -0.25) is 4.90 Å². The molecular weight excluding hydrogens is 258 g/mol. The Bertz CT molecular complexity index is 622. The van der Waals surface area contributed by atoms with Crippen molar-refractivity contribution in [3.63, 3.8) is 0 Å². The molecule has 1 saturated heterocycles. The molecule has 0 N–H and O–H groups in total. The lowest BCUT2D eigenvalue weighted by molar-refractivity contribution is 0.290. The molecule has 2 aromatic rings. The Balaban J connectivity index is 1.48. The molecule has 2 atom stereocenters. The number of benzene rings is 2. The van der Waals surface area contributed by atoms with E-state index in [1.165, 1.54) is 30.6 Å². The van der Waals surface area contributed by atoms with E-state index in [-0.39, 0.29) is 0 Å². The van der Waals surface area contributed by atoms with Crippen molar-refractivity contribution in [2.75, 3.05) is 20.2 Å². The zero-order chi connectivity index (χ0) is 14.3. The summed E-state index contributed by atoms with van der Waals surface area (Å²) in [5.41, 5.74) is 3.33. The molecule has 21 heavy (non-hydrogen) atoms.